The van der Waals surface area contributed by atoms with Gasteiger partial charge < -0.3 is 19.5 Å². The molecule has 0 fully saturated rings. The fourth-order valence-corrected chi connectivity index (χ4v) is 2.72. The van der Waals surface area contributed by atoms with Crippen LogP contribution in [0.15, 0.2) is 48.5 Å². The molecule has 2 N–H and O–H groups in total. The fourth-order valence-electron chi connectivity index (χ4n) is 2.52. The van der Waals surface area contributed by atoms with Crippen LogP contribution in [-0.2, 0) is 4.74 Å². The maximum absolute atomic E-state index is 12.6. The topological polar surface area (TPSA) is 68.8 Å². The van der Waals surface area contributed by atoms with E-state index in [0.717, 1.165) is 6.42 Å². The number of rotatable bonds is 11. The average molecular weight is 431 g/mol. The largest absolute Gasteiger partial charge is 0.494 e. The third-order valence-electron chi connectivity index (χ3n) is 4.11. The lowest BCUT2D eigenvalue weighted by molar-refractivity contribution is 0.0977. The first kappa shape index (κ1) is 23.6. The van der Waals surface area contributed by atoms with Gasteiger partial charge in [0.1, 0.15) is 18.1 Å². The molecule has 0 spiro atoms. The van der Waals surface area contributed by atoms with Crippen molar-refractivity contribution >= 4 is 28.9 Å². The van der Waals surface area contributed by atoms with Crippen LogP contribution in [0.25, 0.3) is 0 Å². The Balaban J connectivity index is 1.91. The second-order valence-electron chi connectivity index (χ2n) is 7.01. The molecule has 0 atom stereocenters. The number of hydrogen-bond acceptors (Lipinski definition) is 5. The van der Waals surface area contributed by atoms with Crippen molar-refractivity contribution in [2.75, 3.05) is 31.7 Å². The quantitative estimate of drug-likeness (QED) is 0.399. The van der Waals surface area contributed by atoms with Crippen molar-refractivity contribution in [3.05, 3.63) is 54.1 Å². The minimum atomic E-state index is -0.309. The minimum Gasteiger partial charge on any atom is -0.494 e. The zero-order chi connectivity index (χ0) is 21.8. The summed E-state index contributed by atoms with van der Waals surface area (Å²) >= 11 is 5.30. The van der Waals surface area contributed by atoms with Crippen LogP contribution in [0.4, 0.5) is 5.69 Å². The molecule has 30 heavy (non-hydrogen) atoms. The van der Waals surface area contributed by atoms with Crippen molar-refractivity contribution in [1.29, 1.82) is 0 Å². The second-order valence-corrected chi connectivity index (χ2v) is 7.42. The molecule has 2 aromatic rings. The Morgan fingerprint density at radius 2 is 1.83 bits per heavy atom. The van der Waals surface area contributed by atoms with Gasteiger partial charge in [0.05, 0.1) is 18.9 Å². The van der Waals surface area contributed by atoms with E-state index in [9.17, 15) is 4.79 Å². The number of ether oxygens (including phenoxy) is 3. The number of benzene rings is 2. The fraction of sp³-hybridized carbons (Fsp3) is 0.391. The number of amides is 1. The third-order valence-corrected chi connectivity index (χ3v) is 4.32. The molecule has 0 aromatic heterocycles. The number of thiocarbonyl (C=S) groups is 1. The monoisotopic (exact) mass is 430 g/mol. The maximum atomic E-state index is 12.6. The van der Waals surface area contributed by atoms with Gasteiger partial charge in [-0.2, -0.15) is 0 Å². The predicted molar refractivity (Wildman–Crippen MR) is 124 cm³/mol. The van der Waals surface area contributed by atoms with Crippen LogP contribution in [-0.4, -0.2) is 37.4 Å². The van der Waals surface area contributed by atoms with E-state index in [1.165, 1.54) is 0 Å². The summed E-state index contributed by atoms with van der Waals surface area (Å²) in [7, 11) is 0. The molecule has 0 bridgehead atoms. The van der Waals surface area contributed by atoms with E-state index in [1.807, 2.05) is 37.3 Å². The van der Waals surface area contributed by atoms with Gasteiger partial charge in [0.15, 0.2) is 5.11 Å². The predicted octanol–water partition coefficient (Wildman–Crippen LogP) is 4.65. The molecule has 0 aliphatic heterocycles. The van der Waals surface area contributed by atoms with Crippen LogP contribution in [0, 0.1) is 5.92 Å². The Kier molecular flexibility index (Phi) is 10.1. The Morgan fingerprint density at radius 1 is 1.03 bits per heavy atom. The van der Waals surface area contributed by atoms with Crippen molar-refractivity contribution in [3.63, 3.8) is 0 Å². The van der Waals surface area contributed by atoms with Crippen LogP contribution in [0.2, 0.25) is 0 Å². The van der Waals surface area contributed by atoms with Gasteiger partial charge in [-0.05, 0) is 61.8 Å². The highest BCUT2D eigenvalue weighted by atomic mass is 32.1. The molecule has 0 aliphatic carbocycles. The van der Waals surface area contributed by atoms with E-state index in [2.05, 4.69) is 24.5 Å². The van der Waals surface area contributed by atoms with Crippen LogP contribution in [0.5, 0.6) is 11.5 Å². The Morgan fingerprint density at radius 3 is 2.60 bits per heavy atom. The standard InChI is InChI=1S/C23H30N2O4S/c1-4-27-14-15-29-21-11-6-5-10-20(21)24-23(30)25-22(26)18-8-7-9-19(16-18)28-13-12-17(2)3/h5-11,16-17H,4,12-15H2,1-3H3,(H2,24,25,26,30). The number of carbonyl (C=O) groups is 1. The van der Waals surface area contributed by atoms with Crippen molar-refractivity contribution in [2.24, 2.45) is 5.92 Å². The van der Waals surface area contributed by atoms with E-state index < -0.39 is 0 Å². The summed E-state index contributed by atoms with van der Waals surface area (Å²) in [5, 5.41) is 5.90. The van der Waals surface area contributed by atoms with E-state index in [4.69, 9.17) is 26.4 Å². The first-order valence-electron chi connectivity index (χ1n) is 10.1. The van der Waals surface area contributed by atoms with Crippen LogP contribution in [0.3, 0.4) is 0 Å². The molecule has 162 valence electrons. The lowest BCUT2D eigenvalue weighted by Crippen LogP contribution is -2.34. The molecule has 7 heteroatoms. The number of anilines is 1. The maximum Gasteiger partial charge on any atom is 0.257 e. The summed E-state index contributed by atoms with van der Waals surface area (Å²) in [6.07, 6.45) is 0.955. The first-order valence-corrected chi connectivity index (χ1v) is 10.5. The second kappa shape index (κ2) is 12.8. The molecule has 0 heterocycles. The molecular weight excluding hydrogens is 400 g/mol. The highest BCUT2D eigenvalue weighted by molar-refractivity contribution is 7.80. The summed E-state index contributed by atoms with van der Waals surface area (Å²) in [5.74, 6) is 1.55. The molecule has 0 saturated carbocycles. The Labute approximate surface area is 183 Å². The Hall–Kier alpha value is -2.64. The van der Waals surface area contributed by atoms with Gasteiger partial charge in [0, 0.05) is 12.2 Å². The van der Waals surface area contributed by atoms with Gasteiger partial charge in [-0.3, -0.25) is 10.1 Å². The van der Waals surface area contributed by atoms with Crippen molar-refractivity contribution < 1.29 is 19.0 Å². The number of para-hydroxylation sites is 2. The summed E-state index contributed by atoms with van der Waals surface area (Å²) in [6, 6.07) is 14.4. The molecule has 0 saturated heterocycles. The molecule has 0 radical (unpaired) electrons. The van der Waals surface area contributed by atoms with Crippen molar-refractivity contribution in [3.8, 4) is 11.5 Å². The number of nitrogens with one attached hydrogen (secondary N) is 2. The molecule has 2 rings (SSSR count). The summed E-state index contributed by atoms with van der Waals surface area (Å²) in [6.45, 7) is 8.40. The van der Waals surface area contributed by atoms with Crippen LogP contribution < -0.4 is 20.1 Å². The molecule has 0 unspecified atom stereocenters. The summed E-state index contributed by atoms with van der Waals surface area (Å²) in [5.41, 5.74) is 1.15. The van der Waals surface area contributed by atoms with E-state index in [1.54, 1.807) is 18.2 Å². The van der Waals surface area contributed by atoms with E-state index in [-0.39, 0.29) is 11.0 Å². The lowest BCUT2D eigenvalue weighted by Gasteiger charge is -2.14. The van der Waals surface area contributed by atoms with Gasteiger partial charge in [0.25, 0.3) is 5.91 Å². The smallest absolute Gasteiger partial charge is 0.257 e. The summed E-state index contributed by atoms with van der Waals surface area (Å²) in [4.78, 5) is 12.6. The number of carbonyl (C=O) groups excluding carboxylic acids is 1. The highest BCUT2D eigenvalue weighted by Crippen LogP contribution is 2.23. The van der Waals surface area contributed by atoms with Gasteiger partial charge in [-0.1, -0.05) is 32.0 Å². The first-order chi connectivity index (χ1) is 14.5. The molecule has 0 aliphatic rings. The van der Waals surface area contributed by atoms with Crippen molar-refractivity contribution in [1.82, 2.24) is 5.32 Å². The van der Waals surface area contributed by atoms with Gasteiger partial charge in [-0.15, -0.1) is 0 Å². The van der Waals surface area contributed by atoms with Crippen LogP contribution >= 0.6 is 12.2 Å². The molecular formula is C23H30N2O4S. The van der Waals surface area contributed by atoms with Gasteiger partial charge in [0.2, 0.25) is 0 Å². The van der Waals surface area contributed by atoms with Crippen LogP contribution in [0.1, 0.15) is 37.6 Å². The van der Waals surface area contributed by atoms with Gasteiger partial charge >= 0.3 is 0 Å². The summed E-state index contributed by atoms with van der Waals surface area (Å²) < 4.78 is 16.7. The average Bonchev–Trinajstić information content (AvgIpc) is 2.72. The molecule has 2 aromatic carbocycles. The number of hydrogen-bond donors (Lipinski definition) is 2. The molecule has 6 nitrogen and oxygen atoms in total. The lowest BCUT2D eigenvalue weighted by atomic mass is 10.1. The molecule has 1 amide bonds. The Bertz CT molecular complexity index is 826. The highest BCUT2D eigenvalue weighted by Gasteiger charge is 2.11. The minimum absolute atomic E-state index is 0.187. The van der Waals surface area contributed by atoms with Crippen molar-refractivity contribution in [2.45, 2.75) is 27.2 Å². The SMILES string of the molecule is CCOCCOc1ccccc1NC(=S)NC(=O)c1cccc(OCCC(C)C)c1. The zero-order valence-electron chi connectivity index (χ0n) is 17.8. The third kappa shape index (κ3) is 8.39. The van der Waals surface area contributed by atoms with E-state index in [0.29, 0.717) is 55.1 Å². The van der Waals surface area contributed by atoms with Gasteiger partial charge in [-0.25, -0.2) is 0 Å². The normalized spacial score (nSPS) is 10.5. The van der Waals surface area contributed by atoms with E-state index >= 15 is 0 Å². The zero-order valence-corrected chi connectivity index (χ0v) is 18.6.